The van der Waals surface area contributed by atoms with E-state index in [-0.39, 0.29) is 18.0 Å². The van der Waals surface area contributed by atoms with Crippen LogP contribution in [0.5, 0.6) is 5.75 Å². The van der Waals surface area contributed by atoms with Crippen molar-refractivity contribution in [2.75, 3.05) is 0 Å². The molecule has 0 atom stereocenters. The number of carboxylic acids is 1. The van der Waals surface area contributed by atoms with E-state index >= 15 is 0 Å². The Labute approximate surface area is 173 Å². The van der Waals surface area contributed by atoms with Gasteiger partial charge in [-0.3, -0.25) is 4.79 Å². The molecule has 0 aliphatic rings. The molecule has 0 radical (unpaired) electrons. The molecule has 0 aliphatic heterocycles. The summed E-state index contributed by atoms with van der Waals surface area (Å²) < 4.78 is 11.6. The lowest BCUT2D eigenvalue weighted by atomic mass is 9.99. The number of para-hydroxylation sites is 1. The molecule has 0 fully saturated rings. The van der Waals surface area contributed by atoms with E-state index < -0.39 is 5.97 Å². The molecule has 5 nitrogen and oxygen atoms in total. The van der Waals surface area contributed by atoms with E-state index in [9.17, 15) is 9.59 Å². The minimum atomic E-state index is -0.974. The van der Waals surface area contributed by atoms with E-state index in [0.717, 1.165) is 10.9 Å². The fourth-order valence-corrected chi connectivity index (χ4v) is 3.40. The average Bonchev–Trinajstić information content (AvgIpc) is 3.16. The second-order valence-electron chi connectivity index (χ2n) is 6.90. The Morgan fingerprint density at radius 2 is 1.70 bits per heavy atom. The van der Waals surface area contributed by atoms with E-state index in [2.05, 4.69) is 0 Å². The van der Waals surface area contributed by atoms with Crippen LogP contribution in [0.2, 0.25) is 0 Å². The highest BCUT2D eigenvalue weighted by molar-refractivity contribution is 6.16. The molecule has 5 heteroatoms. The van der Waals surface area contributed by atoms with E-state index in [0.29, 0.717) is 34.6 Å². The number of carboxylic acid groups (broad SMARTS) is 1. The first-order valence-corrected chi connectivity index (χ1v) is 9.67. The van der Waals surface area contributed by atoms with Crippen molar-refractivity contribution in [2.45, 2.75) is 20.0 Å². The van der Waals surface area contributed by atoms with Gasteiger partial charge in [0.15, 0.2) is 5.78 Å². The summed E-state index contributed by atoms with van der Waals surface area (Å²) in [4.78, 5) is 24.2. The number of aromatic carboxylic acids is 1. The molecular weight excluding hydrogens is 380 g/mol. The summed E-state index contributed by atoms with van der Waals surface area (Å²) in [7, 11) is 0. The van der Waals surface area contributed by atoms with Crippen LogP contribution in [0, 0.1) is 0 Å². The maximum atomic E-state index is 13.1. The number of carbonyl (C=O) groups is 2. The van der Waals surface area contributed by atoms with Gasteiger partial charge in [-0.15, -0.1) is 0 Å². The molecule has 1 aromatic heterocycles. The number of ketones is 1. The molecule has 150 valence electrons. The molecule has 1 heterocycles. The van der Waals surface area contributed by atoms with Gasteiger partial charge in [-0.1, -0.05) is 37.3 Å². The zero-order chi connectivity index (χ0) is 21.1. The molecule has 3 aromatic carbocycles. The number of furan rings is 1. The summed E-state index contributed by atoms with van der Waals surface area (Å²) in [5, 5.41) is 9.90. The number of rotatable bonds is 7. The first-order chi connectivity index (χ1) is 14.6. The van der Waals surface area contributed by atoms with Crippen LogP contribution < -0.4 is 4.74 Å². The van der Waals surface area contributed by atoms with Crippen LogP contribution >= 0.6 is 0 Å². The Kier molecular flexibility index (Phi) is 5.35. The minimum absolute atomic E-state index is 0.0856. The number of aryl methyl sites for hydroxylation is 1. The van der Waals surface area contributed by atoms with Gasteiger partial charge in [-0.25, -0.2) is 4.79 Å². The zero-order valence-electron chi connectivity index (χ0n) is 16.4. The Balaban J connectivity index is 1.52. The third-order valence-corrected chi connectivity index (χ3v) is 4.91. The van der Waals surface area contributed by atoms with Crippen molar-refractivity contribution in [3.8, 4) is 5.75 Å². The number of ether oxygens (including phenoxy) is 1. The van der Waals surface area contributed by atoms with Gasteiger partial charge < -0.3 is 14.3 Å². The van der Waals surface area contributed by atoms with Gasteiger partial charge in [0.1, 0.15) is 23.7 Å². The van der Waals surface area contributed by atoms with E-state index in [4.69, 9.17) is 14.3 Å². The standard InChI is InChI=1S/C25H20O5/c1-2-21-23(20-8-3-4-9-22(20)30-21)24(26)17-10-12-19(13-11-17)29-15-16-6-5-7-18(14-16)25(27)28/h3-14H,2,15H2,1H3,(H,27,28). The number of benzene rings is 3. The molecule has 0 bridgehead atoms. The zero-order valence-corrected chi connectivity index (χ0v) is 16.4. The van der Waals surface area contributed by atoms with Crippen LogP contribution in [0.1, 0.15) is 44.5 Å². The second kappa shape index (κ2) is 8.25. The van der Waals surface area contributed by atoms with Crippen molar-refractivity contribution in [3.63, 3.8) is 0 Å². The number of hydrogen-bond acceptors (Lipinski definition) is 4. The van der Waals surface area contributed by atoms with Gasteiger partial charge in [-0.05, 0) is 48.0 Å². The van der Waals surface area contributed by atoms with Crippen LogP contribution in [0.3, 0.4) is 0 Å². The van der Waals surface area contributed by atoms with Gasteiger partial charge in [-0.2, -0.15) is 0 Å². The molecule has 0 saturated heterocycles. The Hall–Kier alpha value is -3.86. The number of hydrogen-bond donors (Lipinski definition) is 1. The van der Waals surface area contributed by atoms with Crippen molar-refractivity contribution in [2.24, 2.45) is 0 Å². The average molecular weight is 400 g/mol. The molecule has 1 N–H and O–H groups in total. The third-order valence-electron chi connectivity index (χ3n) is 4.91. The fourth-order valence-electron chi connectivity index (χ4n) is 3.40. The Morgan fingerprint density at radius 3 is 2.43 bits per heavy atom. The van der Waals surface area contributed by atoms with E-state index in [1.54, 1.807) is 42.5 Å². The van der Waals surface area contributed by atoms with Gasteiger partial charge in [0.2, 0.25) is 0 Å². The fraction of sp³-hybridized carbons (Fsp3) is 0.120. The molecule has 0 saturated carbocycles. The number of carbonyl (C=O) groups excluding carboxylic acids is 1. The second-order valence-corrected chi connectivity index (χ2v) is 6.90. The van der Waals surface area contributed by atoms with Gasteiger partial charge in [0.25, 0.3) is 0 Å². The van der Waals surface area contributed by atoms with Crippen LogP contribution in [-0.2, 0) is 13.0 Å². The largest absolute Gasteiger partial charge is 0.489 e. The van der Waals surface area contributed by atoms with Crippen molar-refractivity contribution >= 4 is 22.7 Å². The monoisotopic (exact) mass is 400 g/mol. The van der Waals surface area contributed by atoms with Gasteiger partial charge in [0, 0.05) is 17.4 Å². The molecule has 0 amide bonds. The van der Waals surface area contributed by atoms with Crippen LogP contribution in [-0.4, -0.2) is 16.9 Å². The molecule has 0 spiro atoms. The smallest absolute Gasteiger partial charge is 0.335 e. The topological polar surface area (TPSA) is 76.7 Å². The Bertz CT molecular complexity index is 1220. The van der Waals surface area contributed by atoms with Gasteiger partial charge >= 0.3 is 5.97 Å². The van der Waals surface area contributed by atoms with Crippen LogP contribution in [0.15, 0.2) is 77.2 Å². The summed E-state index contributed by atoms with van der Waals surface area (Å²) in [6.45, 7) is 2.20. The Morgan fingerprint density at radius 1 is 0.933 bits per heavy atom. The lowest BCUT2D eigenvalue weighted by Crippen LogP contribution is -2.04. The molecule has 0 aliphatic carbocycles. The van der Waals surface area contributed by atoms with E-state index in [1.807, 2.05) is 31.2 Å². The first-order valence-electron chi connectivity index (χ1n) is 9.67. The van der Waals surface area contributed by atoms with Crippen molar-refractivity contribution in [1.82, 2.24) is 0 Å². The summed E-state index contributed by atoms with van der Waals surface area (Å²) in [5.74, 6) is 0.218. The maximum absolute atomic E-state index is 13.1. The van der Waals surface area contributed by atoms with Crippen molar-refractivity contribution in [1.29, 1.82) is 0 Å². The summed E-state index contributed by atoms with van der Waals surface area (Å²) >= 11 is 0. The van der Waals surface area contributed by atoms with Crippen LogP contribution in [0.4, 0.5) is 0 Å². The summed E-state index contributed by atoms with van der Waals surface area (Å²) in [6, 6.07) is 21.1. The summed E-state index contributed by atoms with van der Waals surface area (Å²) in [6.07, 6.45) is 0.631. The first kappa shape index (κ1) is 19.5. The predicted octanol–water partition coefficient (Wildman–Crippen LogP) is 5.50. The SMILES string of the molecule is CCc1oc2ccccc2c1C(=O)c1ccc(OCc2cccc(C(=O)O)c2)cc1. The highest BCUT2D eigenvalue weighted by atomic mass is 16.5. The predicted molar refractivity (Wildman–Crippen MR) is 113 cm³/mol. The highest BCUT2D eigenvalue weighted by Gasteiger charge is 2.20. The normalized spacial score (nSPS) is 10.8. The number of fused-ring (bicyclic) bond motifs is 1. The van der Waals surface area contributed by atoms with Crippen LogP contribution in [0.25, 0.3) is 11.0 Å². The molecule has 4 aromatic rings. The molecular formula is C25H20O5. The maximum Gasteiger partial charge on any atom is 0.335 e. The third kappa shape index (κ3) is 3.82. The lowest BCUT2D eigenvalue weighted by Gasteiger charge is -2.08. The minimum Gasteiger partial charge on any atom is -0.489 e. The summed E-state index contributed by atoms with van der Waals surface area (Å²) in [5.41, 5.74) is 2.84. The quantitative estimate of drug-likeness (QED) is 0.414. The van der Waals surface area contributed by atoms with Crippen molar-refractivity contribution in [3.05, 3.63) is 101 Å². The molecule has 4 rings (SSSR count). The van der Waals surface area contributed by atoms with Gasteiger partial charge in [0.05, 0.1) is 11.1 Å². The highest BCUT2D eigenvalue weighted by Crippen LogP contribution is 2.29. The lowest BCUT2D eigenvalue weighted by molar-refractivity contribution is 0.0696. The molecule has 30 heavy (non-hydrogen) atoms. The molecule has 0 unspecified atom stereocenters. The van der Waals surface area contributed by atoms with E-state index in [1.165, 1.54) is 6.07 Å². The van der Waals surface area contributed by atoms with Crippen molar-refractivity contribution < 1.29 is 23.8 Å².